The van der Waals surface area contributed by atoms with Crippen molar-refractivity contribution in [3.63, 3.8) is 0 Å². The average Bonchev–Trinajstić information content (AvgIpc) is 3.04. The maximum atomic E-state index is 12.0. The number of hydrogen-bond acceptors (Lipinski definition) is 7. The molecule has 0 unspecified atom stereocenters. The van der Waals surface area contributed by atoms with Gasteiger partial charge in [-0.1, -0.05) is 50.2 Å². The lowest BCUT2D eigenvalue weighted by molar-refractivity contribution is -0.136. The highest BCUT2D eigenvalue weighted by molar-refractivity contribution is 6.03. The Labute approximate surface area is 289 Å². The summed E-state index contributed by atoms with van der Waals surface area (Å²) in [5.74, 6) is 0.150. The number of hydrogen-bond donors (Lipinski definition) is 2. The van der Waals surface area contributed by atoms with Gasteiger partial charge in [0.25, 0.3) is 0 Å². The molecule has 0 spiro atoms. The smallest absolute Gasteiger partial charge is 0.307 e. The number of aryl methyl sites for hydroxylation is 2. The molecule has 8 nitrogen and oxygen atoms in total. The Morgan fingerprint density at radius 1 is 0.857 bits per heavy atom. The molecular weight excluding hydrogens is 610 g/mol. The summed E-state index contributed by atoms with van der Waals surface area (Å²) in [6.07, 6.45) is 4.87. The van der Waals surface area contributed by atoms with Crippen LogP contribution in [0.2, 0.25) is 0 Å². The van der Waals surface area contributed by atoms with Gasteiger partial charge in [0.1, 0.15) is 5.82 Å². The fourth-order valence-electron chi connectivity index (χ4n) is 7.06. The van der Waals surface area contributed by atoms with Crippen molar-refractivity contribution in [1.29, 1.82) is 0 Å². The normalized spacial score (nSPS) is 15.9. The first-order valence-electron chi connectivity index (χ1n) is 17.4. The van der Waals surface area contributed by atoms with Crippen molar-refractivity contribution in [3.05, 3.63) is 88.9 Å². The second kappa shape index (κ2) is 13.4. The number of aliphatic carboxylic acids is 1. The molecule has 2 aliphatic rings. The highest BCUT2D eigenvalue weighted by Gasteiger charge is 2.30. The number of benzene rings is 2. The first-order valence-corrected chi connectivity index (χ1v) is 17.4. The first kappa shape index (κ1) is 34.3. The van der Waals surface area contributed by atoms with Gasteiger partial charge < -0.3 is 20.0 Å². The molecule has 5 aromatic rings. The Hall–Kier alpha value is -4.56. The van der Waals surface area contributed by atoms with E-state index >= 15 is 0 Å². The van der Waals surface area contributed by atoms with Crippen LogP contribution >= 0.6 is 0 Å². The van der Waals surface area contributed by atoms with Crippen LogP contribution < -0.4 is 9.80 Å². The van der Waals surface area contributed by atoms with E-state index < -0.39 is 11.6 Å². The Balaban J connectivity index is 0.000000778. The van der Waals surface area contributed by atoms with E-state index in [1.165, 1.54) is 11.1 Å². The summed E-state index contributed by atoms with van der Waals surface area (Å²) in [4.78, 5) is 31.4. The van der Waals surface area contributed by atoms with Gasteiger partial charge >= 0.3 is 5.97 Å². The molecule has 7 rings (SSSR count). The number of aliphatic hydroxyl groups is 1. The molecular formula is C41H49N5O3. The van der Waals surface area contributed by atoms with Gasteiger partial charge in [-0.25, -0.2) is 4.98 Å². The molecule has 2 aliphatic heterocycles. The zero-order valence-electron chi connectivity index (χ0n) is 30.0. The van der Waals surface area contributed by atoms with E-state index in [1.807, 2.05) is 19.2 Å². The van der Waals surface area contributed by atoms with Crippen LogP contribution in [0.1, 0.15) is 75.5 Å². The van der Waals surface area contributed by atoms with E-state index in [2.05, 4.69) is 84.1 Å². The van der Waals surface area contributed by atoms with Gasteiger partial charge in [0.15, 0.2) is 0 Å². The lowest BCUT2D eigenvalue weighted by atomic mass is 9.82. The standard InChI is InChI=1S/C37H39N5O2.C4H10O/c1-23-30(21-32(43)44)36(41-18-14-37(3,4)15-19-41)33(24(2)39-23)28-9-10-29-22-42(17-13-27(29)20-28)31-12-11-26-8-7-25-6-5-16-38-34(25)35(26)40-31;1-4(2,3)5/h5-12,16,20H,13-15,17-19,21-22H2,1-4H3,(H,43,44);5H,1-3H3. The summed E-state index contributed by atoms with van der Waals surface area (Å²) in [6, 6.07) is 19.3. The summed E-state index contributed by atoms with van der Waals surface area (Å²) < 4.78 is 0. The molecule has 1 fully saturated rings. The van der Waals surface area contributed by atoms with Gasteiger partial charge in [-0.3, -0.25) is 14.8 Å². The molecule has 0 saturated carbocycles. The van der Waals surface area contributed by atoms with Crippen molar-refractivity contribution in [2.45, 2.75) is 86.3 Å². The molecule has 0 bridgehead atoms. The summed E-state index contributed by atoms with van der Waals surface area (Å²) in [5, 5.41) is 20.6. The third-order valence-electron chi connectivity index (χ3n) is 9.67. The van der Waals surface area contributed by atoms with Crippen molar-refractivity contribution < 1.29 is 15.0 Å². The fourth-order valence-corrected chi connectivity index (χ4v) is 7.06. The quantitative estimate of drug-likeness (QED) is 0.183. The number of pyridine rings is 3. The van der Waals surface area contributed by atoms with Gasteiger partial charge in [-0.15, -0.1) is 0 Å². The zero-order chi connectivity index (χ0) is 35.1. The van der Waals surface area contributed by atoms with Crippen LogP contribution in [0.3, 0.4) is 0 Å². The SMILES string of the molecule is CC(C)(C)O.Cc1nc(C)c(-c2ccc3c(c2)CCN(c2ccc4ccc5cccnc5c4n2)C3)c(N2CCC(C)(C)CC2)c1CC(=O)O. The lowest BCUT2D eigenvalue weighted by Crippen LogP contribution is -2.38. The van der Waals surface area contributed by atoms with Gasteiger partial charge in [0.05, 0.1) is 28.7 Å². The van der Waals surface area contributed by atoms with E-state index in [4.69, 9.17) is 15.1 Å². The van der Waals surface area contributed by atoms with Gasteiger partial charge in [0.2, 0.25) is 0 Å². The topological polar surface area (TPSA) is 103 Å². The van der Waals surface area contributed by atoms with Crippen molar-refractivity contribution in [2.24, 2.45) is 5.41 Å². The maximum absolute atomic E-state index is 12.0. The van der Waals surface area contributed by atoms with Crippen molar-refractivity contribution in [1.82, 2.24) is 15.0 Å². The van der Waals surface area contributed by atoms with Gasteiger partial charge in [-0.2, -0.15) is 0 Å². The number of carboxylic acid groups (broad SMARTS) is 1. The van der Waals surface area contributed by atoms with Crippen LogP contribution in [0, 0.1) is 19.3 Å². The molecule has 0 atom stereocenters. The molecule has 0 radical (unpaired) electrons. The number of aromatic nitrogens is 3. The molecule has 8 heteroatoms. The number of anilines is 2. The molecule has 3 aromatic heterocycles. The maximum Gasteiger partial charge on any atom is 0.307 e. The van der Waals surface area contributed by atoms with Crippen molar-refractivity contribution in [3.8, 4) is 11.1 Å². The van der Waals surface area contributed by atoms with E-state index in [0.29, 0.717) is 5.41 Å². The molecule has 2 N–H and O–H groups in total. The summed E-state index contributed by atoms with van der Waals surface area (Å²) in [6.45, 7) is 17.4. The van der Waals surface area contributed by atoms with Crippen LogP contribution in [0.4, 0.5) is 11.5 Å². The number of carbonyl (C=O) groups is 1. The minimum Gasteiger partial charge on any atom is -0.481 e. The Bertz CT molecular complexity index is 2010. The number of piperidine rings is 1. The predicted octanol–water partition coefficient (Wildman–Crippen LogP) is 8.06. The minimum atomic E-state index is -0.820. The third-order valence-corrected chi connectivity index (χ3v) is 9.67. The highest BCUT2D eigenvalue weighted by atomic mass is 16.4. The molecule has 2 aromatic carbocycles. The van der Waals surface area contributed by atoms with E-state index in [0.717, 1.165) is 107 Å². The number of fused-ring (bicyclic) bond motifs is 4. The summed E-state index contributed by atoms with van der Waals surface area (Å²) in [7, 11) is 0. The molecule has 5 heterocycles. The van der Waals surface area contributed by atoms with Gasteiger partial charge in [-0.05, 0) is 94.2 Å². The Morgan fingerprint density at radius 3 is 2.22 bits per heavy atom. The van der Waals surface area contributed by atoms with Crippen molar-refractivity contribution in [2.75, 3.05) is 29.4 Å². The van der Waals surface area contributed by atoms with Crippen LogP contribution in [0.15, 0.2) is 60.8 Å². The van der Waals surface area contributed by atoms with Crippen molar-refractivity contribution >= 4 is 39.3 Å². The second-order valence-corrected chi connectivity index (χ2v) is 15.4. The van der Waals surface area contributed by atoms with Crippen LogP contribution in [-0.2, 0) is 24.2 Å². The largest absolute Gasteiger partial charge is 0.481 e. The molecule has 256 valence electrons. The predicted molar refractivity (Wildman–Crippen MR) is 199 cm³/mol. The van der Waals surface area contributed by atoms with Crippen LogP contribution in [0.5, 0.6) is 0 Å². The van der Waals surface area contributed by atoms with E-state index in [9.17, 15) is 9.90 Å². The number of carboxylic acids is 1. The second-order valence-electron chi connectivity index (χ2n) is 15.4. The monoisotopic (exact) mass is 659 g/mol. The fraction of sp³-hybridized carbons (Fsp3) is 0.415. The number of nitrogens with zero attached hydrogens (tertiary/aromatic N) is 5. The summed E-state index contributed by atoms with van der Waals surface area (Å²) in [5.41, 5.74) is 10.2. The van der Waals surface area contributed by atoms with E-state index in [1.54, 1.807) is 20.8 Å². The first-order chi connectivity index (χ1) is 23.2. The Morgan fingerprint density at radius 2 is 1.53 bits per heavy atom. The zero-order valence-corrected chi connectivity index (χ0v) is 30.0. The molecule has 1 saturated heterocycles. The molecule has 0 amide bonds. The minimum absolute atomic E-state index is 0.0230. The number of rotatable bonds is 5. The Kier molecular flexibility index (Phi) is 9.38. The molecule has 0 aliphatic carbocycles. The lowest BCUT2D eigenvalue weighted by Gasteiger charge is -2.40. The third kappa shape index (κ3) is 7.70. The van der Waals surface area contributed by atoms with Crippen LogP contribution in [0.25, 0.3) is 32.9 Å². The van der Waals surface area contributed by atoms with E-state index in [-0.39, 0.29) is 6.42 Å². The molecule has 49 heavy (non-hydrogen) atoms. The summed E-state index contributed by atoms with van der Waals surface area (Å²) >= 11 is 0. The van der Waals surface area contributed by atoms with Gasteiger partial charge in [0, 0.05) is 65.7 Å². The van der Waals surface area contributed by atoms with Crippen LogP contribution in [-0.4, -0.2) is 56.4 Å². The highest BCUT2D eigenvalue weighted by Crippen LogP contribution is 2.42. The average molecular weight is 660 g/mol.